The van der Waals surface area contributed by atoms with Gasteiger partial charge in [-0.3, -0.25) is 4.79 Å². The van der Waals surface area contributed by atoms with E-state index in [1.807, 2.05) is 18.2 Å². The zero-order valence-corrected chi connectivity index (χ0v) is 10.1. The molecule has 0 bridgehead atoms. The molecule has 18 heavy (non-hydrogen) atoms. The standard InChI is InChI=1S/C13H15NO4/c1-17-8-10(7-15)14-13(16)12-6-9-4-2-3-5-11(9)18-12/h2-6,10,15H,7-8H2,1H3,(H,14,16). The van der Waals surface area contributed by atoms with Gasteiger partial charge in [0.1, 0.15) is 5.58 Å². The number of ether oxygens (including phenoxy) is 1. The molecule has 2 N–H and O–H groups in total. The molecular formula is C13H15NO4. The van der Waals surface area contributed by atoms with Crippen LogP contribution in [0.1, 0.15) is 10.6 Å². The molecule has 5 nitrogen and oxygen atoms in total. The molecule has 1 heterocycles. The average molecular weight is 249 g/mol. The summed E-state index contributed by atoms with van der Waals surface area (Å²) in [5, 5.41) is 12.6. The third kappa shape index (κ3) is 2.69. The van der Waals surface area contributed by atoms with Crippen molar-refractivity contribution in [2.45, 2.75) is 6.04 Å². The van der Waals surface area contributed by atoms with Crippen LogP contribution in [0.5, 0.6) is 0 Å². The summed E-state index contributed by atoms with van der Waals surface area (Å²) < 4.78 is 10.3. The van der Waals surface area contributed by atoms with Gasteiger partial charge in [-0.1, -0.05) is 18.2 Å². The molecule has 2 aromatic rings. The third-order valence-corrected chi connectivity index (χ3v) is 2.57. The van der Waals surface area contributed by atoms with E-state index in [1.54, 1.807) is 12.1 Å². The molecule has 0 aliphatic rings. The second kappa shape index (κ2) is 5.66. The number of amides is 1. The summed E-state index contributed by atoms with van der Waals surface area (Å²) in [5.74, 6) is -0.131. The van der Waals surface area contributed by atoms with Crippen molar-refractivity contribution >= 4 is 16.9 Å². The van der Waals surface area contributed by atoms with Gasteiger partial charge in [-0.15, -0.1) is 0 Å². The fraction of sp³-hybridized carbons (Fsp3) is 0.308. The van der Waals surface area contributed by atoms with Gasteiger partial charge in [-0.25, -0.2) is 0 Å². The predicted octanol–water partition coefficient (Wildman–Crippen LogP) is 1.17. The molecule has 0 saturated carbocycles. The van der Waals surface area contributed by atoms with Gasteiger partial charge in [-0.05, 0) is 12.1 Å². The molecule has 0 saturated heterocycles. The molecule has 2 rings (SSSR count). The number of para-hydroxylation sites is 1. The van der Waals surface area contributed by atoms with Crippen LogP contribution in [-0.4, -0.2) is 37.4 Å². The van der Waals surface area contributed by atoms with E-state index in [2.05, 4.69) is 5.32 Å². The topological polar surface area (TPSA) is 71.7 Å². The molecule has 1 amide bonds. The minimum absolute atomic E-state index is 0.181. The Labute approximate surface area is 104 Å². The van der Waals surface area contributed by atoms with E-state index in [-0.39, 0.29) is 24.9 Å². The normalized spacial score (nSPS) is 12.6. The van der Waals surface area contributed by atoms with Crippen molar-refractivity contribution in [1.29, 1.82) is 0 Å². The van der Waals surface area contributed by atoms with Gasteiger partial charge in [0.25, 0.3) is 5.91 Å². The third-order valence-electron chi connectivity index (χ3n) is 2.57. The number of nitrogens with one attached hydrogen (secondary N) is 1. The van der Waals surface area contributed by atoms with Crippen LogP contribution in [-0.2, 0) is 4.74 Å². The van der Waals surface area contributed by atoms with E-state index in [0.717, 1.165) is 5.39 Å². The lowest BCUT2D eigenvalue weighted by molar-refractivity contribution is 0.0816. The maximum Gasteiger partial charge on any atom is 0.287 e. The summed E-state index contributed by atoms with van der Waals surface area (Å²) in [6.07, 6.45) is 0. The molecule has 1 atom stereocenters. The molecule has 1 unspecified atom stereocenters. The Balaban J connectivity index is 2.13. The monoisotopic (exact) mass is 249 g/mol. The van der Waals surface area contributed by atoms with Crippen molar-refractivity contribution in [3.63, 3.8) is 0 Å². The molecular weight excluding hydrogens is 234 g/mol. The number of rotatable bonds is 5. The van der Waals surface area contributed by atoms with Gasteiger partial charge in [0.15, 0.2) is 5.76 Å². The fourth-order valence-corrected chi connectivity index (χ4v) is 1.69. The summed E-state index contributed by atoms with van der Waals surface area (Å²) in [6.45, 7) is 0.0717. The van der Waals surface area contributed by atoms with Crippen LogP contribution in [0.4, 0.5) is 0 Å². The lowest BCUT2D eigenvalue weighted by atomic mass is 10.2. The first-order valence-corrected chi connectivity index (χ1v) is 5.64. The molecule has 1 aromatic heterocycles. The summed E-state index contributed by atoms with van der Waals surface area (Å²) >= 11 is 0. The highest BCUT2D eigenvalue weighted by Crippen LogP contribution is 2.18. The Bertz CT molecular complexity index is 502. The maximum absolute atomic E-state index is 11.9. The van der Waals surface area contributed by atoms with E-state index in [1.165, 1.54) is 7.11 Å². The minimum atomic E-state index is -0.435. The summed E-state index contributed by atoms with van der Waals surface area (Å²) in [4.78, 5) is 11.9. The number of aliphatic hydroxyl groups excluding tert-OH is 1. The number of hydrogen-bond donors (Lipinski definition) is 2. The lowest BCUT2D eigenvalue weighted by Crippen LogP contribution is -2.40. The van der Waals surface area contributed by atoms with Gasteiger partial charge < -0.3 is 19.6 Å². The van der Waals surface area contributed by atoms with Gasteiger partial charge in [0, 0.05) is 12.5 Å². The summed E-state index contributed by atoms with van der Waals surface area (Å²) in [6, 6.07) is 8.62. The second-order valence-corrected chi connectivity index (χ2v) is 3.96. The van der Waals surface area contributed by atoms with Crippen LogP contribution in [0.15, 0.2) is 34.7 Å². The van der Waals surface area contributed by atoms with Crippen LogP contribution < -0.4 is 5.32 Å². The van der Waals surface area contributed by atoms with Crippen molar-refractivity contribution in [3.05, 3.63) is 36.1 Å². The van der Waals surface area contributed by atoms with Crippen molar-refractivity contribution in [3.8, 4) is 0 Å². The van der Waals surface area contributed by atoms with E-state index in [9.17, 15) is 4.79 Å². The van der Waals surface area contributed by atoms with Crippen LogP contribution in [0, 0.1) is 0 Å². The molecule has 96 valence electrons. The van der Waals surface area contributed by atoms with E-state index >= 15 is 0 Å². The lowest BCUT2D eigenvalue weighted by Gasteiger charge is -2.13. The number of aliphatic hydroxyl groups is 1. The Morgan fingerprint density at radius 1 is 1.50 bits per heavy atom. The first kappa shape index (κ1) is 12.6. The predicted molar refractivity (Wildman–Crippen MR) is 66.4 cm³/mol. The molecule has 0 fully saturated rings. The highest BCUT2D eigenvalue weighted by Gasteiger charge is 2.16. The molecule has 0 radical (unpaired) electrons. The highest BCUT2D eigenvalue weighted by molar-refractivity contribution is 5.96. The number of carbonyl (C=O) groups excluding carboxylic acids is 1. The SMILES string of the molecule is COCC(CO)NC(=O)c1cc2ccccc2o1. The molecule has 0 aliphatic carbocycles. The number of carbonyl (C=O) groups is 1. The Hall–Kier alpha value is -1.85. The molecule has 0 spiro atoms. The second-order valence-electron chi connectivity index (χ2n) is 3.96. The number of furan rings is 1. The first-order valence-electron chi connectivity index (χ1n) is 5.64. The van der Waals surface area contributed by atoms with Crippen molar-refractivity contribution in [1.82, 2.24) is 5.32 Å². The van der Waals surface area contributed by atoms with Gasteiger partial charge in [-0.2, -0.15) is 0 Å². The summed E-state index contributed by atoms with van der Waals surface area (Å²) in [5.41, 5.74) is 0.662. The zero-order valence-electron chi connectivity index (χ0n) is 10.1. The minimum Gasteiger partial charge on any atom is -0.451 e. The highest BCUT2D eigenvalue weighted by atomic mass is 16.5. The van der Waals surface area contributed by atoms with E-state index in [0.29, 0.717) is 5.58 Å². The number of benzene rings is 1. The Morgan fingerprint density at radius 2 is 2.28 bits per heavy atom. The Kier molecular flexibility index (Phi) is 3.96. The van der Waals surface area contributed by atoms with Crippen molar-refractivity contribution in [2.75, 3.05) is 20.3 Å². The van der Waals surface area contributed by atoms with Gasteiger partial charge >= 0.3 is 0 Å². The zero-order chi connectivity index (χ0) is 13.0. The van der Waals surface area contributed by atoms with Crippen LogP contribution in [0.25, 0.3) is 11.0 Å². The van der Waals surface area contributed by atoms with Crippen molar-refractivity contribution < 1.29 is 19.1 Å². The van der Waals surface area contributed by atoms with Crippen LogP contribution in [0.2, 0.25) is 0 Å². The smallest absolute Gasteiger partial charge is 0.287 e. The Morgan fingerprint density at radius 3 is 2.94 bits per heavy atom. The first-order chi connectivity index (χ1) is 8.74. The fourth-order valence-electron chi connectivity index (χ4n) is 1.69. The van der Waals surface area contributed by atoms with Gasteiger partial charge in [0.05, 0.1) is 19.3 Å². The summed E-state index contributed by atoms with van der Waals surface area (Å²) in [7, 11) is 1.51. The largest absolute Gasteiger partial charge is 0.451 e. The maximum atomic E-state index is 11.9. The molecule has 5 heteroatoms. The number of methoxy groups -OCH3 is 1. The van der Waals surface area contributed by atoms with E-state index < -0.39 is 6.04 Å². The van der Waals surface area contributed by atoms with Crippen LogP contribution in [0.3, 0.4) is 0 Å². The van der Waals surface area contributed by atoms with Gasteiger partial charge in [0.2, 0.25) is 0 Å². The quantitative estimate of drug-likeness (QED) is 0.834. The number of hydrogen-bond acceptors (Lipinski definition) is 4. The molecule has 1 aromatic carbocycles. The number of fused-ring (bicyclic) bond motifs is 1. The van der Waals surface area contributed by atoms with E-state index in [4.69, 9.17) is 14.3 Å². The average Bonchev–Trinajstić information content (AvgIpc) is 2.82. The van der Waals surface area contributed by atoms with Crippen LogP contribution >= 0.6 is 0 Å². The molecule has 0 aliphatic heterocycles. The van der Waals surface area contributed by atoms with Crippen molar-refractivity contribution in [2.24, 2.45) is 0 Å².